The van der Waals surface area contributed by atoms with E-state index in [2.05, 4.69) is 20.4 Å². The van der Waals surface area contributed by atoms with Crippen molar-refractivity contribution in [3.05, 3.63) is 30.7 Å². The van der Waals surface area contributed by atoms with Crippen molar-refractivity contribution >= 4 is 21.4 Å². The second-order valence-corrected chi connectivity index (χ2v) is 5.22. The number of nitrogens with one attached hydrogen (secondary N) is 1. The molecule has 0 aliphatic rings. The second-order valence-electron chi connectivity index (χ2n) is 4.26. The highest BCUT2D eigenvalue weighted by Crippen LogP contribution is 2.23. The van der Waals surface area contributed by atoms with E-state index in [0.29, 0.717) is 19.8 Å². The van der Waals surface area contributed by atoms with Gasteiger partial charge in [0, 0.05) is 24.5 Å². The highest BCUT2D eigenvalue weighted by molar-refractivity contribution is 7.20. The zero-order valence-corrected chi connectivity index (χ0v) is 12.1. The first-order chi connectivity index (χ1) is 10.4. The van der Waals surface area contributed by atoms with E-state index in [9.17, 15) is 0 Å². The first-order valence-corrected chi connectivity index (χ1v) is 7.37. The van der Waals surface area contributed by atoms with Gasteiger partial charge in [-0.1, -0.05) is 11.3 Å². The van der Waals surface area contributed by atoms with Crippen LogP contribution in [0.4, 0.5) is 5.13 Å². The van der Waals surface area contributed by atoms with E-state index < -0.39 is 0 Å². The van der Waals surface area contributed by atoms with Crippen LogP contribution >= 0.6 is 11.3 Å². The minimum Gasteiger partial charge on any atom is -0.394 e. The molecule has 8 heteroatoms. The zero-order valence-electron chi connectivity index (χ0n) is 11.3. The number of aliphatic hydroxyl groups is 1. The molecule has 3 aromatic rings. The van der Waals surface area contributed by atoms with Crippen molar-refractivity contribution < 1.29 is 9.84 Å². The molecule has 3 rings (SSSR count). The fourth-order valence-corrected chi connectivity index (χ4v) is 2.63. The summed E-state index contributed by atoms with van der Waals surface area (Å²) in [6.07, 6.45) is 5.40. The smallest absolute Gasteiger partial charge is 0.214 e. The van der Waals surface area contributed by atoms with Crippen molar-refractivity contribution in [2.24, 2.45) is 0 Å². The maximum Gasteiger partial charge on any atom is 0.214 e. The lowest BCUT2D eigenvalue weighted by Crippen LogP contribution is -2.11. The van der Waals surface area contributed by atoms with Crippen molar-refractivity contribution in [1.29, 1.82) is 0 Å². The summed E-state index contributed by atoms with van der Waals surface area (Å²) in [6.45, 7) is 1.58. The maximum atomic E-state index is 8.60. The number of nitrogens with zero attached hydrogens (tertiary/aromatic N) is 4. The molecule has 3 heterocycles. The van der Waals surface area contributed by atoms with Crippen LogP contribution in [0.5, 0.6) is 0 Å². The maximum absolute atomic E-state index is 8.60. The molecule has 0 unspecified atom stereocenters. The van der Waals surface area contributed by atoms with Crippen LogP contribution < -0.4 is 5.32 Å². The molecule has 0 spiro atoms. The molecule has 0 aromatic carbocycles. The summed E-state index contributed by atoms with van der Waals surface area (Å²) in [5, 5.41) is 17.0. The molecule has 0 fully saturated rings. The number of aromatic nitrogens is 4. The molecule has 0 saturated heterocycles. The molecule has 0 atom stereocenters. The Balaban J connectivity index is 1.64. The van der Waals surface area contributed by atoms with Gasteiger partial charge in [0.15, 0.2) is 0 Å². The first-order valence-electron chi connectivity index (χ1n) is 6.56. The Morgan fingerprint density at radius 1 is 1.38 bits per heavy atom. The molecular weight excluding hydrogens is 290 g/mol. The minimum atomic E-state index is 0.0438. The van der Waals surface area contributed by atoms with Crippen LogP contribution in [0.3, 0.4) is 0 Å². The summed E-state index contributed by atoms with van der Waals surface area (Å²) < 4.78 is 6.93. The molecule has 0 bridgehead atoms. The van der Waals surface area contributed by atoms with E-state index >= 15 is 0 Å². The molecule has 0 amide bonds. The number of aliphatic hydroxyl groups excluding tert-OH is 1. The molecule has 0 saturated carbocycles. The summed E-state index contributed by atoms with van der Waals surface area (Å²) in [5.74, 6) is 0. The number of rotatable bonds is 7. The lowest BCUT2D eigenvalue weighted by Gasteiger charge is -2.02. The van der Waals surface area contributed by atoms with Crippen LogP contribution in [-0.2, 0) is 4.74 Å². The summed E-state index contributed by atoms with van der Waals surface area (Å²) in [7, 11) is 0. The number of imidazole rings is 1. The third-order valence-corrected chi connectivity index (χ3v) is 3.64. The molecule has 0 aliphatic carbocycles. The van der Waals surface area contributed by atoms with Crippen molar-refractivity contribution in [2.45, 2.75) is 0 Å². The third kappa shape index (κ3) is 3.35. The van der Waals surface area contributed by atoms with Crippen LogP contribution in [0.2, 0.25) is 0 Å². The Morgan fingerprint density at radius 2 is 2.33 bits per heavy atom. The average Bonchev–Trinajstić information content (AvgIpc) is 3.06. The lowest BCUT2D eigenvalue weighted by atomic mass is 10.2. The van der Waals surface area contributed by atoms with Gasteiger partial charge in [-0.25, -0.2) is 9.50 Å². The SMILES string of the molecule is OCCOCCNc1nn2cc(-c3cccnc3)nc2s1. The lowest BCUT2D eigenvalue weighted by molar-refractivity contribution is 0.0992. The van der Waals surface area contributed by atoms with Gasteiger partial charge in [-0.2, -0.15) is 0 Å². The van der Waals surface area contributed by atoms with Gasteiger partial charge in [0.25, 0.3) is 0 Å². The highest BCUT2D eigenvalue weighted by Gasteiger charge is 2.09. The van der Waals surface area contributed by atoms with Crippen LogP contribution in [0.25, 0.3) is 16.2 Å². The van der Waals surface area contributed by atoms with Crippen molar-refractivity contribution in [1.82, 2.24) is 19.6 Å². The Bertz CT molecular complexity index is 665. The van der Waals surface area contributed by atoms with Gasteiger partial charge in [-0.3, -0.25) is 4.98 Å². The number of fused-ring (bicyclic) bond motifs is 1. The van der Waals surface area contributed by atoms with Crippen LogP contribution in [0.15, 0.2) is 30.7 Å². The fraction of sp³-hybridized carbons (Fsp3) is 0.308. The van der Waals surface area contributed by atoms with E-state index in [-0.39, 0.29) is 6.61 Å². The van der Waals surface area contributed by atoms with Gasteiger partial charge in [-0.05, 0) is 12.1 Å². The van der Waals surface area contributed by atoms with Crippen LogP contribution in [0.1, 0.15) is 0 Å². The highest BCUT2D eigenvalue weighted by atomic mass is 32.1. The molecule has 2 N–H and O–H groups in total. The molecule has 0 radical (unpaired) electrons. The average molecular weight is 305 g/mol. The Labute approximate surface area is 125 Å². The van der Waals surface area contributed by atoms with E-state index in [4.69, 9.17) is 9.84 Å². The monoisotopic (exact) mass is 305 g/mol. The van der Waals surface area contributed by atoms with Gasteiger partial charge in [0.2, 0.25) is 10.1 Å². The van der Waals surface area contributed by atoms with Crippen molar-refractivity contribution in [3.8, 4) is 11.3 Å². The normalized spacial score (nSPS) is 11.1. The summed E-state index contributed by atoms with van der Waals surface area (Å²) >= 11 is 1.48. The van der Waals surface area contributed by atoms with Gasteiger partial charge in [0.05, 0.1) is 31.7 Å². The molecular formula is C13H15N5O2S. The minimum absolute atomic E-state index is 0.0438. The van der Waals surface area contributed by atoms with E-state index in [1.807, 2.05) is 18.3 Å². The quantitative estimate of drug-likeness (QED) is 0.640. The summed E-state index contributed by atoms with van der Waals surface area (Å²) in [4.78, 5) is 9.45. The van der Waals surface area contributed by atoms with E-state index in [0.717, 1.165) is 21.3 Å². The summed E-state index contributed by atoms with van der Waals surface area (Å²) in [6, 6.07) is 3.85. The summed E-state index contributed by atoms with van der Waals surface area (Å²) in [5.41, 5.74) is 1.83. The third-order valence-electron chi connectivity index (χ3n) is 2.76. The second kappa shape index (κ2) is 6.61. The largest absolute Gasteiger partial charge is 0.394 e. The van der Waals surface area contributed by atoms with E-state index in [1.165, 1.54) is 11.3 Å². The number of pyridine rings is 1. The van der Waals surface area contributed by atoms with Gasteiger partial charge < -0.3 is 15.2 Å². The van der Waals surface area contributed by atoms with E-state index in [1.54, 1.807) is 16.9 Å². The predicted octanol–water partition coefficient (Wildman–Crippen LogP) is 1.27. The van der Waals surface area contributed by atoms with Gasteiger partial charge in [-0.15, -0.1) is 5.10 Å². The molecule has 21 heavy (non-hydrogen) atoms. The number of hydrogen-bond acceptors (Lipinski definition) is 7. The molecule has 0 aliphatic heterocycles. The molecule has 110 valence electrons. The Hall–Kier alpha value is -2.03. The first kappa shape index (κ1) is 13.9. The van der Waals surface area contributed by atoms with Crippen LogP contribution in [-0.4, -0.2) is 51.1 Å². The van der Waals surface area contributed by atoms with Crippen molar-refractivity contribution in [3.63, 3.8) is 0 Å². The number of hydrogen-bond donors (Lipinski definition) is 2. The van der Waals surface area contributed by atoms with Crippen LogP contribution in [0, 0.1) is 0 Å². The topological polar surface area (TPSA) is 84.6 Å². The fourth-order valence-electron chi connectivity index (χ4n) is 1.82. The number of ether oxygens (including phenoxy) is 1. The number of anilines is 1. The molecule has 7 nitrogen and oxygen atoms in total. The molecule has 3 aromatic heterocycles. The standard InChI is InChI=1S/C13H15N5O2S/c19-5-7-20-6-4-15-12-17-18-9-11(16-13(18)21-12)10-2-1-3-14-8-10/h1-3,8-9,19H,4-7H2,(H,15,17). The Kier molecular flexibility index (Phi) is 4.39. The Morgan fingerprint density at radius 3 is 3.10 bits per heavy atom. The van der Waals surface area contributed by atoms with Gasteiger partial charge in [0.1, 0.15) is 0 Å². The zero-order chi connectivity index (χ0) is 14.5. The van der Waals surface area contributed by atoms with Crippen molar-refractivity contribution in [2.75, 3.05) is 31.7 Å². The predicted molar refractivity (Wildman–Crippen MR) is 80.5 cm³/mol. The van der Waals surface area contributed by atoms with Gasteiger partial charge >= 0.3 is 0 Å².